The summed E-state index contributed by atoms with van der Waals surface area (Å²) in [7, 11) is -3.03. The summed E-state index contributed by atoms with van der Waals surface area (Å²) < 4.78 is 52.7. The summed E-state index contributed by atoms with van der Waals surface area (Å²) in [5.41, 5.74) is 0.189. The zero-order valence-electron chi connectivity index (χ0n) is 9.90. The van der Waals surface area contributed by atoms with Crippen LogP contribution in [0.15, 0.2) is 29.2 Å². The van der Waals surface area contributed by atoms with Crippen molar-refractivity contribution in [1.82, 2.24) is 0 Å². The smallest absolute Gasteiger partial charge is 0.341 e. The average Bonchev–Trinajstić information content (AvgIpc) is 2.35. The molecule has 0 fully saturated rings. The molecule has 0 aliphatic carbocycles. The maximum Gasteiger partial charge on any atom is 0.341 e. The first kappa shape index (κ1) is 14.8. The molecule has 0 aliphatic rings. The quantitative estimate of drug-likeness (QED) is 0.777. The van der Waals surface area contributed by atoms with Gasteiger partial charge in [0.1, 0.15) is 0 Å². The molecule has 0 unspecified atom stereocenters. The lowest BCUT2D eigenvalue weighted by molar-refractivity contribution is 0.198. The Bertz CT molecular complexity index is 477. The summed E-state index contributed by atoms with van der Waals surface area (Å²) in [5, 5.41) is 2.82. The van der Waals surface area contributed by atoms with Crippen LogP contribution in [0.2, 0.25) is 0 Å². The first-order valence-electron chi connectivity index (χ1n) is 5.34. The van der Waals surface area contributed by atoms with E-state index in [-0.39, 0.29) is 10.6 Å². The molecule has 18 heavy (non-hydrogen) atoms. The molecular weight excluding hydrogens is 264 g/mol. The Morgan fingerprint density at radius 1 is 1.33 bits per heavy atom. The molecule has 1 rings (SSSR count). The number of sulfone groups is 1. The fraction of sp³-hybridized carbons (Fsp3) is 0.455. The number of anilines is 1. The van der Waals surface area contributed by atoms with Gasteiger partial charge in [0.2, 0.25) is 9.84 Å². The van der Waals surface area contributed by atoms with Gasteiger partial charge in [-0.15, -0.1) is 0 Å². The van der Waals surface area contributed by atoms with E-state index >= 15 is 0 Å². The molecule has 1 aromatic rings. The van der Waals surface area contributed by atoms with Crippen LogP contribution in [-0.2, 0) is 14.6 Å². The lowest BCUT2D eigenvalue weighted by Crippen LogP contribution is -2.15. The minimum atomic E-state index is -4.58. The topological polar surface area (TPSA) is 55.4 Å². The summed E-state index contributed by atoms with van der Waals surface area (Å²) in [6.45, 7) is 0.959. The molecule has 0 amide bonds. The molecule has 7 heteroatoms. The highest BCUT2D eigenvalue weighted by Crippen LogP contribution is 2.25. The molecule has 0 radical (unpaired) electrons. The van der Waals surface area contributed by atoms with E-state index in [0.717, 1.165) is 0 Å². The fourth-order valence-corrected chi connectivity index (χ4v) is 2.30. The standard InChI is InChI=1S/C11H15F2NO3S/c1-17-8-4-7-14-9-5-2-3-6-10(9)18(15,16)11(12)13/h2-3,5-6,11,14H,4,7-8H2,1H3. The van der Waals surface area contributed by atoms with Crippen LogP contribution >= 0.6 is 0 Å². The molecule has 102 valence electrons. The number of halogens is 2. The van der Waals surface area contributed by atoms with Crippen molar-refractivity contribution in [2.45, 2.75) is 17.1 Å². The van der Waals surface area contributed by atoms with Crippen molar-refractivity contribution in [3.8, 4) is 0 Å². The van der Waals surface area contributed by atoms with Crippen LogP contribution in [0, 0.1) is 0 Å². The Morgan fingerprint density at radius 3 is 2.61 bits per heavy atom. The molecule has 0 aromatic heterocycles. The highest BCUT2D eigenvalue weighted by molar-refractivity contribution is 7.91. The Balaban J connectivity index is 2.87. The van der Waals surface area contributed by atoms with Gasteiger partial charge >= 0.3 is 5.76 Å². The van der Waals surface area contributed by atoms with Crippen molar-refractivity contribution in [2.75, 3.05) is 25.6 Å². The van der Waals surface area contributed by atoms with Crippen molar-refractivity contribution in [1.29, 1.82) is 0 Å². The van der Waals surface area contributed by atoms with Crippen LogP contribution in [0.25, 0.3) is 0 Å². The second-order valence-electron chi connectivity index (χ2n) is 3.57. The van der Waals surface area contributed by atoms with Crippen LogP contribution in [-0.4, -0.2) is 34.4 Å². The van der Waals surface area contributed by atoms with Crippen LogP contribution < -0.4 is 5.32 Å². The predicted octanol–water partition coefficient (Wildman–Crippen LogP) is 2.13. The maximum absolute atomic E-state index is 12.5. The van der Waals surface area contributed by atoms with Gasteiger partial charge in [-0.25, -0.2) is 8.42 Å². The Hall–Kier alpha value is -1.21. The van der Waals surface area contributed by atoms with Gasteiger partial charge in [0.25, 0.3) is 0 Å². The maximum atomic E-state index is 12.5. The predicted molar refractivity (Wildman–Crippen MR) is 64.6 cm³/mol. The van der Waals surface area contributed by atoms with Crippen LogP contribution in [0.3, 0.4) is 0 Å². The lowest BCUT2D eigenvalue weighted by Gasteiger charge is -2.11. The zero-order valence-corrected chi connectivity index (χ0v) is 10.7. The summed E-state index contributed by atoms with van der Waals surface area (Å²) in [5.74, 6) is -3.42. The molecule has 0 saturated carbocycles. The normalized spacial score (nSPS) is 11.8. The number of hydrogen-bond acceptors (Lipinski definition) is 4. The number of benzene rings is 1. The minimum absolute atomic E-state index is 0.189. The number of ether oxygens (including phenoxy) is 1. The first-order valence-corrected chi connectivity index (χ1v) is 6.88. The number of nitrogens with one attached hydrogen (secondary N) is 1. The first-order chi connectivity index (χ1) is 8.50. The lowest BCUT2D eigenvalue weighted by atomic mass is 10.3. The van der Waals surface area contributed by atoms with E-state index in [0.29, 0.717) is 19.6 Å². The van der Waals surface area contributed by atoms with E-state index in [2.05, 4.69) is 5.32 Å². The van der Waals surface area contributed by atoms with Gasteiger partial charge in [0.15, 0.2) is 0 Å². The number of alkyl halides is 2. The van der Waals surface area contributed by atoms with E-state index in [1.807, 2.05) is 0 Å². The second-order valence-corrected chi connectivity index (χ2v) is 5.46. The number of hydrogen-bond donors (Lipinski definition) is 1. The monoisotopic (exact) mass is 279 g/mol. The van der Waals surface area contributed by atoms with E-state index in [1.165, 1.54) is 18.2 Å². The molecule has 0 bridgehead atoms. The molecular formula is C11H15F2NO3S. The van der Waals surface area contributed by atoms with Crippen molar-refractivity contribution >= 4 is 15.5 Å². The number of methoxy groups -OCH3 is 1. The Morgan fingerprint density at radius 2 is 2.00 bits per heavy atom. The highest BCUT2D eigenvalue weighted by Gasteiger charge is 2.28. The average molecular weight is 279 g/mol. The van der Waals surface area contributed by atoms with Gasteiger partial charge < -0.3 is 10.1 Å². The summed E-state index contributed by atoms with van der Waals surface area (Å²) in [6, 6.07) is 5.63. The summed E-state index contributed by atoms with van der Waals surface area (Å²) >= 11 is 0. The molecule has 1 aromatic carbocycles. The van der Waals surface area contributed by atoms with Gasteiger partial charge in [-0.3, -0.25) is 0 Å². The van der Waals surface area contributed by atoms with Crippen molar-refractivity contribution in [3.63, 3.8) is 0 Å². The third-order valence-corrected chi connectivity index (χ3v) is 3.71. The van der Waals surface area contributed by atoms with Gasteiger partial charge in [-0.05, 0) is 18.6 Å². The Kier molecular flexibility index (Phi) is 5.49. The second kappa shape index (κ2) is 6.65. The highest BCUT2D eigenvalue weighted by atomic mass is 32.2. The number of para-hydroxylation sites is 1. The van der Waals surface area contributed by atoms with E-state index < -0.39 is 15.6 Å². The fourth-order valence-electron chi connectivity index (χ4n) is 1.40. The molecule has 4 nitrogen and oxygen atoms in total. The van der Waals surface area contributed by atoms with E-state index in [4.69, 9.17) is 4.74 Å². The Labute approximate surface area is 105 Å². The minimum Gasteiger partial charge on any atom is -0.385 e. The number of rotatable bonds is 7. The van der Waals surface area contributed by atoms with Gasteiger partial charge in [-0.2, -0.15) is 8.78 Å². The van der Waals surface area contributed by atoms with Crippen molar-refractivity contribution < 1.29 is 21.9 Å². The molecule has 1 N–H and O–H groups in total. The molecule has 0 atom stereocenters. The zero-order chi connectivity index (χ0) is 13.6. The van der Waals surface area contributed by atoms with Crippen LogP contribution in [0.1, 0.15) is 6.42 Å². The summed E-state index contributed by atoms with van der Waals surface area (Å²) in [6.07, 6.45) is 0.652. The van der Waals surface area contributed by atoms with Crippen molar-refractivity contribution in [3.05, 3.63) is 24.3 Å². The van der Waals surface area contributed by atoms with E-state index in [9.17, 15) is 17.2 Å². The largest absolute Gasteiger partial charge is 0.385 e. The molecule has 0 aliphatic heterocycles. The van der Waals surface area contributed by atoms with Crippen molar-refractivity contribution in [2.24, 2.45) is 0 Å². The molecule has 0 heterocycles. The third kappa shape index (κ3) is 3.64. The van der Waals surface area contributed by atoms with Gasteiger partial charge in [0, 0.05) is 20.3 Å². The SMILES string of the molecule is COCCCNc1ccccc1S(=O)(=O)C(F)F. The summed E-state index contributed by atoms with van der Waals surface area (Å²) in [4.78, 5) is -0.377. The molecule has 0 saturated heterocycles. The third-order valence-electron chi connectivity index (χ3n) is 2.27. The molecule has 0 spiro atoms. The van der Waals surface area contributed by atoms with Gasteiger partial charge in [-0.1, -0.05) is 12.1 Å². The van der Waals surface area contributed by atoms with Gasteiger partial charge in [0.05, 0.1) is 10.6 Å². The van der Waals surface area contributed by atoms with Crippen LogP contribution in [0.4, 0.5) is 14.5 Å². The van der Waals surface area contributed by atoms with Crippen LogP contribution in [0.5, 0.6) is 0 Å². The van der Waals surface area contributed by atoms with E-state index in [1.54, 1.807) is 13.2 Å².